The summed E-state index contributed by atoms with van der Waals surface area (Å²) < 4.78 is 5.60. The number of carbonyl (C=O) groups is 2. The number of hydrogen-bond acceptors (Lipinski definition) is 5. The zero-order valence-corrected chi connectivity index (χ0v) is 13.4. The van der Waals surface area contributed by atoms with Crippen molar-refractivity contribution < 1.29 is 14.0 Å². The Morgan fingerprint density at radius 3 is 2.71 bits per heavy atom. The van der Waals surface area contributed by atoms with E-state index < -0.39 is 17.7 Å². The lowest BCUT2D eigenvalue weighted by atomic mass is 10.1. The van der Waals surface area contributed by atoms with Gasteiger partial charge in [0.05, 0.1) is 11.3 Å². The number of hydrogen-bond donors (Lipinski definition) is 1. The van der Waals surface area contributed by atoms with Crippen LogP contribution < -0.4 is 11.2 Å². The first-order valence-electron chi connectivity index (χ1n) is 7.75. The summed E-state index contributed by atoms with van der Waals surface area (Å²) in [7, 11) is 1.88. The highest BCUT2D eigenvalue weighted by molar-refractivity contribution is 5.93. The molecule has 7 nitrogen and oxygen atoms in total. The molecule has 2 amide bonds. The number of rotatable bonds is 2. The van der Waals surface area contributed by atoms with Crippen molar-refractivity contribution in [1.29, 1.82) is 0 Å². The van der Waals surface area contributed by atoms with E-state index in [0.717, 1.165) is 0 Å². The van der Waals surface area contributed by atoms with Crippen molar-refractivity contribution in [2.24, 2.45) is 11.7 Å². The van der Waals surface area contributed by atoms with E-state index in [4.69, 9.17) is 10.2 Å². The minimum atomic E-state index is -0.450. The smallest absolute Gasteiger partial charge is 0.289 e. The van der Waals surface area contributed by atoms with Crippen LogP contribution >= 0.6 is 0 Å². The van der Waals surface area contributed by atoms with Gasteiger partial charge in [-0.3, -0.25) is 14.4 Å². The SMILES string of the molecule is CN1CCN(C(=O)c2cc(=O)c3ccccc3o2)CC(C(N)=O)C1. The predicted octanol–water partition coefficient (Wildman–Crippen LogP) is 0.282. The van der Waals surface area contributed by atoms with Crippen LogP contribution in [0.4, 0.5) is 0 Å². The van der Waals surface area contributed by atoms with Crippen molar-refractivity contribution >= 4 is 22.8 Å². The number of fused-ring (bicyclic) bond motifs is 1. The van der Waals surface area contributed by atoms with Crippen LogP contribution in [-0.2, 0) is 4.79 Å². The largest absolute Gasteiger partial charge is 0.451 e. The third kappa shape index (κ3) is 3.16. The van der Waals surface area contributed by atoms with Gasteiger partial charge in [0.2, 0.25) is 5.91 Å². The summed E-state index contributed by atoms with van der Waals surface area (Å²) in [6, 6.07) is 7.99. The van der Waals surface area contributed by atoms with Crippen LogP contribution in [0.3, 0.4) is 0 Å². The molecule has 0 saturated carbocycles. The van der Waals surface area contributed by atoms with Crippen LogP contribution in [0.2, 0.25) is 0 Å². The summed E-state index contributed by atoms with van der Waals surface area (Å²) in [4.78, 5) is 40.0. The van der Waals surface area contributed by atoms with E-state index in [0.29, 0.717) is 30.6 Å². The first-order chi connectivity index (χ1) is 11.5. The molecular formula is C17H19N3O4. The number of nitrogens with two attached hydrogens (primary N) is 1. The van der Waals surface area contributed by atoms with Crippen LogP contribution in [0.15, 0.2) is 39.5 Å². The number of carbonyl (C=O) groups excluding carboxylic acids is 2. The van der Waals surface area contributed by atoms with E-state index in [9.17, 15) is 14.4 Å². The van der Waals surface area contributed by atoms with Gasteiger partial charge in [0.1, 0.15) is 5.58 Å². The van der Waals surface area contributed by atoms with E-state index in [2.05, 4.69) is 0 Å². The number of primary amides is 1. The zero-order chi connectivity index (χ0) is 17.3. The fourth-order valence-corrected chi connectivity index (χ4v) is 2.90. The summed E-state index contributed by atoms with van der Waals surface area (Å²) in [5.41, 5.74) is 5.52. The van der Waals surface area contributed by atoms with Gasteiger partial charge in [0, 0.05) is 32.2 Å². The molecule has 1 saturated heterocycles. The van der Waals surface area contributed by atoms with E-state index in [-0.39, 0.29) is 17.7 Å². The zero-order valence-electron chi connectivity index (χ0n) is 13.4. The van der Waals surface area contributed by atoms with Crippen molar-refractivity contribution in [2.45, 2.75) is 0 Å². The molecule has 1 aliphatic rings. The molecule has 126 valence electrons. The maximum Gasteiger partial charge on any atom is 0.289 e. The minimum absolute atomic E-state index is 0.0218. The summed E-state index contributed by atoms with van der Waals surface area (Å²) in [6.07, 6.45) is 0. The number of nitrogens with zero attached hydrogens (tertiary/aromatic N) is 2. The highest BCUT2D eigenvalue weighted by Gasteiger charge is 2.29. The Morgan fingerprint density at radius 2 is 1.96 bits per heavy atom. The molecule has 0 spiro atoms. The average molecular weight is 329 g/mol. The summed E-state index contributed by atoms with van der Waals surface area (Å²) in [5.74, 6) is -1.32. The van der Waals surface area contributed by atoms with Crippen LogP contribution in [-0.4, -0.2) is 54.8 Å². The molecule has 2 heterocycles. The van der Waals surface area contributed by atoms with Crippen molar-refractivity contribution in [1.82, 2.24) is 9.80 Å². The molecular weight excluding hydrogens is 310 g/mol. The van der Waals surface area contributed by atoms with Crippen LogP contribution in [0.1, 0.15) is 10.6 Å². The Labute approximate surface area is 138 Å². The van der Waals surface area contributed by atoms with E-state index in [1.807, 2.05) is 11.9 Å². The molecule has 3 rings (SSSR count). The molecule has 0 bridgehead atoms. The van der Waals surface area contributed by atoms with E-state index in [1.54, 1.807) is 24.3 Å². The van der Waals surface area contributed by atoms with Crippen molar-refractivity contribution in [3.8, 4) is 0 Å². The average Bonchev–Trinajstić information content (AvgIpc) is 2.76. The van der Waals surface area contributed by atoms with Crippen LogP contribution in [0.5, 0.6) is 0 Å². The molecule has 1 atom stereocenters. The maximum absolute atomic E-state index is 12.7. The standard InChI is InChI=1S/C17H19N3O4/c1-19-6-7-20(10-11(9-19)16(18)22)17(23)15-8-13(21)12-4-2-3-5-14(12)24-15/h2-5,8,11H,6-7,9-10H2,1H3,(H2,18,22). The van der Waals surface area contributed by atoms with Gasteiger partial charge in [-0.15, -0.1) is 0 Å². The van der Waals surface area contributed by atoms with Crippen LogP contribution in [0.25, 0.3) is 11.0 Å². The lowest BCUT2D eigenvalue weighted by Gasteiger charge is -2.22. The van der Waals surface area contributed by atoms with Gasteiger partial charge in [-0.25, -0.2) is 0 Å². The predicted molar refractivity (Wildman–Crippen MR) is 88.6 cm³/mol. The molecule has 1 fully saturated rings. The van der Waals surface area contributed by atoms with Gasteiger partial charge in [-0.1, -0.05) is 12.1 Å². The van der Waals surface area contributed by atoms with Gasteiger partial charge in [0.25, 0.3) is 5.91 Å². The molecule has 0 aliphatic carbocycles. The molecule has 7 heteroatoms. The number of benzene rings is 1. The summed E-state index contributed by atoms with van der Waals surface area (Å²) in [5, 5.41) is 0.430. The molecule has 2 aromatic rings. The molecule has 1 aromatic heterocycles. The fourth-order valence-electron chi connectivity index (χ4n) is 2.90. The van der Waals surface area contributed by atoms with E-state index in [1.165, 1.54) is 11.0 Å². The monoisotopic (exact) mass is 329 g/mol. The Balaban J connectivity index is 1.93. The third-order valence-corrected chi connectivity index (χ3v) is 4.26. The Morgan fingerprint density at radius 1 is 1.21 bits per heavy atom. The molecule has 1 aromatic carbocycles. The highest BCUT2D eigenvalue weighted by Crippen LogP contribution is 2.16. The number of amides is 2. The third-order valence-electron chi connectivity index (χ3n) is 4.26. The van der Waals surface area contributed by atoms with Gasteiger partial charge < -0.3 is 20.0 Å². The Bertz CT molecular complexity index is 845. The van der Waals surface area contributed by atoms with Crippen LogP contribution in [0, 0.1) is 5.92 Å². The number of likely N-dealkylation sites (N-methyl/N-ethyl adjacent to an activating group) is 1. The van der Waals surface area contributed by atoms with Gasteiger partial charge in [-0.2, -0.15) is 0 Å². The second kappa shape index (κ2) is 6.45. The van der Waals surface area contributed by atoms with Gasteiger partial charge in [0.15, 0.2) is 11.2 Å². The molecule has 1 aliphatic heterocycles. The second-order valence-corrected chi connectivity index (χ2v) is 6.08. The number of para-hydroxylation sites is 1. The molecule has 0 radical (unpaired) electrons. The minimum Gasteiger partial charge on any atom is -0.451 e. The molecule has 24 heavy (non-hydrogen) atoms. The second-order valence-electron chi connectivity index (χ2n) is 6.08. The van der Waals surface area contributed by atoms with Crippen molar-refractivity contribution in [3.63, 3.8) is 0 Å². The lowest BCUT2D eigenvalue weighted by molar-refractivity contribution is -0.122. The van der Waals surface area contributed by atoms with Crippen molar-refractivity contribution in [3.05, 3.63) is 46.3 Å². The summed E-state index contributed by atoms with van der Waals surface area (Å²) in [6.45, 7) is 1.78. The fraction of sp³-hybridized carbons (Fsp3) is 0.353. The van der Waals surface area contributed by atoms with E-state index >= 15 is 0 Å². The first kappa shape index (κ1) is 16.2. The quantitative estimate of drug-likeness (QED) is 0.854. The van der Waals surface area contributed by atoms with Gasteiger partial charge in [-0.05, 0) is 19.2 Å². The summed E-state index contributed by atoms with van der Waals surface area (Å²) >= 11 is 0. The molecule has 2 N–H and O–H groups in total. The van der Waals surface area contributed by atoms with Gasteiger partial charge >= 0.3 is 0 Å². The topological polar surface area (TPSA) is 96.8 Å². The van der Waals surface area contributed by atoms with Crippen molar-refractivity contribution in [2.75, 3.05) is 33.2 Å². The first-order valence-corrected chi connectivity index (χ1v) is 7.75. The lowest BCUT2D eigenvalue weighted by Crippen LogP contribution is -2.40. The maximum atomic E-state index is 12.7. The normalized spacial score (nSPS) is 19.2. The Hall–Kier alpha value is -2.67. The molecule has 1 unspecified atom stereocenters. The highest BCUT2D eigenvalue weighted by atomic mass is 16.3. The Kier molecular flexibility index (Phi) is 4.35.